The molecule has 1 aromatic rings. The number of methoxy groups -OCH3 is 1. The first-order chi connectivity index (χ1) is 8.14. The number of hydrogen-bond donors (Lipinski definition) is 1. The molecule has 3 rings (SSSR count). The standard InChI is InChI=1S/C13H15NO2S/c1-8-3-4-9(5-11(8)16-2)13-6-10(14-7-13)12(15)17-13/h3-5,10,14H,6-7H2,1-2H3. The highest BCUT2D eigenvalue weighted by Gasteiger charge is 2.52. The second-order valence-corrected chi connectivity index (χ2v) is 6.13. The Balaban J connectivity index is 2.02. The molecule has 0 amide bonds. The number of nitrogens with one attached hydrogen (secondary N) is 1. The molecule has 2 atom stereocenters. The molecule has 2 unspecified atom stereocenters. The Morgan fingerprint density at radius 1 is 1.53 bits per heavy atom. The van der Waals surface area contributed by atoms with Crippen molar-refractivity contribution in [3.8, 4) is 5.75 Å². The van der Waals surface area contributed by atoms with E-state index in [1.54, 1.807) is 7.11 Å². The summed E-state index contributed by atoms with van der Waals surface area (Å²) in [7, 11) is 1.69. The third-order valence-corrected chi connectivity index (χ3v) is 5.11. The average Bonchev–Trinajstić information content (AvgIpc) is 2.88. The molecule has 90 valence electrons. The van der Waals surface area contributed by atoms with Crippen LogP contribution in [0.3, 0.4) is 0 Å². The predicted octanol–water partition coefficient (Wildman–Crippen LogP) is 1.83. The van der Waals surface area contributed by atoms with Gasteiger partial charge in [-0.1, -0.05) is 23.9 Å². The maximum atomic E-state index is 11.7. The highest BCUT2D eigenvalue weighted by Crippen LogP contribution is 2.51. The third kappa shape index (κ3) is 1.58. The molecule has 1 aromatic carbocycles. The summed E-state index contributed by atoms with van der Waals surface area (Å²) in [5.74, 6) is 0.903. The van der Waals surface area contributed by atoms with Gasteiger partial charge in [-0.15, -0.1) is 0 Å². The van der Waals surface area contributed by atoms with Crippen molar-refractivity contribution in [3.63, 3.8) is 0 Å². The van der Waals surface area contributed by atoms with E-state index >= 15 is 0 Å². The van der Waals surface area contributed by atoms with Crippen LogP contribution in [0.15, 0.2) is 18.2 Å². The molecular weight excluding hydrogens is 234 g/mol. The van der Waals surface area contributed by atoms with Crippen molar-refractivity contribution >= 4 is 16.9 Å². The summed E-state index contributed by atoms with van der Waals surface area (Å²) < 4.78 is 5.29. The van der Waals surface area contributed by atoms with Crippen molar-refractivity contribution in [2.45, 2.75) is 24.1 Å². The number of aryl methyl sites for hydroxylation is 1. The van der Waals surface area contributed by atoms with E-state index in [9.17, 15) is 4.79 Å². The molecule has 4 heteroatoms. The van der Waals surface area contributed by atoms with Crippen LogP contribution in [0, 0.1) is 6.92 Å². The zero-order valence-corrected chi connectivity index (χ0v) is 10.8. The van der Waals surface area contributed by atoms with Crippen molar-refractivity contribution < 1.29 is 9.53 Å². The van der Waals surface area contributed by atoms with Crippen LogP contribution in [0.25, 0.3) is 0 Å². The maximum Gasteiger partial charge on any atom is 0.206 e. The van der Waals surface area contributed by atoms with Gasteiger partial charge in [0, 0.05) is 6.54 Å². The summed E-state index contributed by atoms with van der Waals surface area (Å²) in [6, 6.07) is 6.31. The first kappa shape index (κ1) is 11.1. The second-order valence-electron chi connectivity index (χ2n) is 4.74. The molecule has 2 fully saturated rings. The summed E-state index contributed by atoms with van der Waals surface area (Å²) >= 11 is 1.48. The van der Waals surface area contributed by atoms with Crippen molar-refractivity contribution in [3.05, 3.63) is 29.3 Å². The van der Waals surface area contributed by atoms with Crippen LogP contribution in [-0.4, -0.2) is 24.8 Å². The summed E-state index contributed by atoms with van der Waals surface area (Å²) in [4.78, 5) is 11.7. The lowest BCUT2D eigenvalue weighted by molar-refractivity contribution is -0.112. The van der Waals surface area contributed by atoms with E-state index in [0.717, 1.165) is 24.3 Å². The Kier molecular flexibility index (Phi) is 2.45. The minimum atomic E-state index is -0.0667. The summed E-state index contributed by atoms with van der Waals surface area (Å²) in [6.07, 6.45) is 0.905. The second kappa shape index (κ2) is 3.75. The van der Waals surface area contributed by atoms with E-state index in [1.807, 2.05) is 6.92 Å². The number of rotatable bonds is 2. The lowest BCUT2D eigenvalue weighted by Gasteiger charge is -2.25. The fraction of sp³-hybridized carbons (Fsp3) is 0.462. The number of carbonyl (C=O) groups is 1. The Morgan fingerprint density at radius 2 is 2.35 bits per heavy atom. The Morgan fingerprint density at radius 3 is 2.94 bits per heavy atom. The predicted molar refractivity (Wildman–Crippen MR) is 68.4 cm³/mol. The smallest absolute Gasteiger partial charge is 0.206 e. The summed E-state index contributed by atoms with van der Waals surface area (Å²) in [6.45, 7) is 2.91. The third-order valence-electron chi connectivity index (χ3n) is 3.68. The Labute approximate surface area is 105 Å². The fourth-order valence-corrected chi connectivity index (χ4v) is 4.00. The van der Waals surface area contributed by atoms with Gasteiger partial charge in [0.15, 0.2) is 0 Å². The zero-order chi connectivity index (χ0) is 12.0. The van der Waals surface area contributed by atoms with E-state index in [1.165, 1.54) is 17.3 Å². The van der Waals surface area contributed by atoms with Crippen molar-refractivity contribution in [1.82, 2.24) is 5.32 Å². The number of thioether (sulfide) groups is 1. The lowest BCUT2D eigenvalue weighted by atomic mass is 9.94. The highest BCUT2D eigenvalue weighted by atomic mass is 32.2. The number of ether oxygens (including phenoxy) is 1. The van der Waals surface area contributed by atoms with Crippen LogP contribution in [-0.2, 0) is 9.54 Å². The van der Waals surface area contributed by atoms with Crippen LogP contribution in [0.4, 0.5) is 0 Å². The van der Waals surface area contributed by atoms with Crippen LogP contribution < -0.4 is 10.1 Å². The van der Waals surface area contributed by atoms with E-state index in [0.29, 0.717) is 0 Å². The summed E-state index contributed by atoms with van der Waals surface area (Å²) in [5.41, 5.74) is 2.33. The van der Waals surface area contributed by atoms with Gasteiger partial charge >= 0.3 is 0 Å². The van der Waals surface area contributed by atoms with Crippen molar-refractivity contribution in [2.75, 3.05) is 13.7 Å². The molecule has 0 spiro atoms. The number of benzene rings is 1. The molecule has 2 heterocycles. The monoisotopic (exact) mass is 249 g/mol. The van der Waals surface area contributed by atoms with Gasteiger partial charge < -0.3 is 10.1 Å². The Bertz CT molecular complexity index is 488. The molecule has 0 aromatic heterocycles. The minimum Gasteiger partial charge on any atom is -0.496 e. The molecule has 2 aliphatic rings. The molecule has 2 bridgehead atoms. The lowest BCUT2D eigenvalue weighted by Crippen LogP contribution is -2.34. The molecule has 1 N–H and O–H groups in total. The van der Waals surface area contributed by atoms with Gasteiger partial charge in [0.2, 0.25) is 5.12 Å². The normalized spacial score (nSPS) is 30.9. The molecule has 2 aliphatic heterocycles. The number of hydrogen-bond acceptors (Lipinski definition) is 4. The number of carbonyl (C=O) groups excluding carboxylic acids is 1. The fourth-order valence-electron chi connectivity index (χ4n) is 2.65. The quantitative estimate of drug-likeness (QED) is 0.868. The molecule has 0 aliphatic carbocycles. The van der Waals surface area contributed by atoms with Crippen LogP contribution in [0.2, 0.25) is 0 Å². The molecule has 0 saturated carbocycles. The van der Waals surface area contributed by atoms with E-state index in [-0.39, 0.29) is 15.9 Å². The molecular formula is C13H15NO2S. The van der Waals surface area contributed by atoms with Crippen LogP contribution in [0.5, 0.6) is 5.75 Å². The number of fused-ring (bicyclic) bond motifs is 2. The Hall–Kier alpha value is -1.00. The maximum absolute atomic E-state index is 11.7. The highest BCUT2D eigenvalue weighted by molar-refractivity contribution is 8.15. The van der Waals surface area contributed by atoms with E-state index in [4.69, 9.17) is 4.74 Å². The first-order valence-electron chi connectivity index (χ1n) is 5.76. The van der Waals surface area contributed by atoms with Gasteiger partial charge in [-0.05, 0) is 30.5 Å². The van der Waals surface area contributed by atoms with E-state index < -0.39 is 0 Å². The van der Waals surface area contributed by atoms with Gasteiger partial charge in [0.25, 0.3) is 0 Å². The first-order valence-corrected chi connectivity index (χ1v) is 6.58. The molecule has 2 saturated heterocycles. The van der Waals surface area contributed by atoms with Gasteiger partial charge in [-0.3, -0.25) is 4.79 Å². The largest absolute Gasteiger partial charge is 0.496 e. The van der Waals surface area contributed by atoms with Gasteiger partial charge in [0.05, 0.1) is 17.9 Å². The van der Waals surface area contributed by atoms with Crippen LogP contribution >= 0.6 is 11.8 Å². The van der Waals surface area contributed by atoms with Gasteiger partial charge in [-0.2, -0.15) is 0 Å². The van der Waals surface area contributed by atoms with Crippen molar-refractivity contribution in [2.24, 2.45) is 0 Å². The van der Waals surface area contributed by atoms with Gasteiger partial charge in [-0.25, -0.2) is 0 Å². The molecule has 3 nitrogen and oxygen atoms in total. The molecule has 17 heavy (non-hydrogen) atoms. The zero-order valence-electron chi connectivity index (χ0n) is 9.95. The SMILES string of the molecule is COc1cc(C23CNC(C2)C(=O)S3)ccc1C. The minimum absolute atomic E-state index is 0.0484. The molecule has 0 radical (unpaired) electrons. The van der Waals surface area contributed by atoms with Crippen LogP contribution in [0.1, 0.15) is 17.5 Å². The van der Waals surface area contributed by atoms with Gasteiger partial charge in [0.1, 0.15) is 5.75 Å². The van der Waals surface area contributed by atoms with E-state index in [2.05, 4.69) is 23.5 Å². The topological polar surface area (TPSA) is 38.3 Å². The van der Waals surface area contributed by atoms with Crippen molar-refractivity contribution in [1.29, 1.82) is 0 Å². The average molecular weight is 249 g/mol. The summed E-state index contributed by atoms with van der Waals surface area (Å²) in [5, 5.41) is 3.56.